The minimum absolute atomic E-state index is 0.171. The summed E-state index contributed by atoms with van der Waals surface area (Å²) in [5, 5.41) is 4.75. The van der Waals surface area contributed by atoms with E-state index in [1.165, 1.54) is 11.1 Å². The zero-order valence-corrected chi connectivity index (χ0v) is 17.8. The first-order valence-corrected chi connectivity index (χ1v) is 11.1. The number of benzene rings is 2. The van der Waals surface area contributed by atoms with Crippen molar-refractivity contribution in [2.24, 2.45) is 0 Å². The van der Waals surface area contributed by atoms with E-state index in [0.717, 1.165) is 60.9 Å². The third kappa shape index (κ3) is 3.22. The van der Waals surface area contributed by atoms with Crippen LogP contribution in [0.2, 0.25) is 10.0 Å². The van der Waals surface area contributed by atoms with Crippen LogP contribution in [0.25, 0.3) is 0 Å². The van der Waals surface area contributed by atoms with Crippen molar-refractivity contribution in [3.63, 3.8) is 0 Å². The summed E-state index contributed by atoms with van der Waals surface area (Å²) in [5.74, 6) is 0.171. The molecule has 2 saturated heterocycles. The normalized spacial score (nSPS) is 23.9. The number of anilines is 1. The van der Waals surface area contributed by atoms with Crippen LogP contribution in [0, 0.1) is 0 Å². The molecule has 1 atom stereocenters. The molecule has 2 aromatic rings. The van der Waals surface area contributed by atoms with Crippen LogP contribution in [0.5, 0.6) is 0 Å². The van der Waals surface area contributed by atoms with Gasteiger partial charge in [-0.15, -0.1) is 0 Å². The van der Waals surface area contributed by atoms with Gasteiger partial charge in [0.25, 0.3) is 0 Å². The molecule has 3 aliphatic rings. The van der Waals surface area contributed by atoms with Gasteiger partial charge in [-0.05, 0) is 67.5 Å². The topological polar surface area (TPSA) is 35.6 Å². The van der Waals surface area contributed by atoms with Gasteiger partial charge in [-0.2, -0.15) is 0 Å². The highest BCUT2D eigenvalue weighted by molar-refractivity contribution is 6.34. The van der Waals surface area contributed by atoms with Crippen molar-refractivity contribution >= 4 is 34.8 Å². The molecule has 6 heteroatoms. The summed E-state index contributed by atoms with van der Waals surface area (Å²) in [7, 11) is 0. The maximum absolute atomic E-state index is 12.9. The molecule has 1 unspecified atom stereocenters. The Morgan fingerprint density at radius 2 is 1.66 bits per heavy atom. The lowest BCUT2D eigenvalue weighted by Gasteiger charge is -2.46. The summed E-state index contributed by atoms with van der Waals surface area (Å²) in [6.45, 7) is 2.44. The van der Waals surface area contributed by atoms with Gasteiger partial charge in [0.15, 0.2) is 0 Å². The molecular formula is C23H25Cl2N3O. The van der Waals surface area contributed by atoms with Crippen molar-refractivity contribution in [1.82, 2.24) is 10.2 Å². The summed E-state index contributed by atoms with van der Waals surface area (Å²) < 4.78 is 0. The molecule has 29 heavy (non-hydrogen) atoms. The molecule has 2 aromatic carbocycles. The number of halogens is 2. The van der Waals surface area contributed by atoms with Crippen molar-refractivity contribution in [2.45, 2.75) is 43.7 Å². The molecule has 1 spiro atoms. The molecule has 0 saturated carbocycles. The summed E-state index contributed by atoms with van der Waals surface area (Å²) >= 11 is 12.9. The number of carbonyl (C=O) groups excluding carboxylic acids is 1. The van der Waals surface area contributed by atoms with Gasteiger partial charge in [-0.3, -0.25) is 9.69 Å². The van der Waals surface area contributed by atoms with Crippen LogP contribution in [0.4, 0.5) is 5.69 Å². The Balaban J connectivity index is 1.33. The zero-order chi connectivity index (χ0) is 20.0. The Bertz CT molecular complexity index is 925. The molecule has 0 aromatic heterocycles. The van der Waals surface area contributed by atoms with Crippen LogP contribution in [0.15, 0.2) is 42.5 Å². The van der Waals surface area contributed by atoms with Gasteiger partial charge >= 0.3 is 0 Å². The van der Waals surface area contributed by atoms with E-state index in [4.69, 9.17) is 23.2 Å². The van der Waals surface area contributed by atoms with Gasteiger partial charge in [0.05, 0.1) is 6.67 Å². The number of rotatable bonds is 2. The second-order valence-electron chi connectivity index (χ2n) is 8.38. The number of hydrogen-bond donors (Lipinski definition) is 1. The summed E-state index contributed by atoms with van der Waals surface area (Å²) in [6.07, 6.45) is 4.70. The monoisotopic (exact) mass is 429 g/mol. The van der Waals surface area contributed by atoms with Crippen LogP contribution >= 0.6 is 23.2 Å². The molecule has 1 amide bonds. The number of amides is 1. The molecule has 152 valence electrons. The number of carbonyl (C=O) groups is 1. The second kappa shape index (κ2) is 7.50. The minimum atomic E-state index is -0.425. The fourth-order valence-corrected chi connectivity index (χ4v) is 5.90. The lowest BCUT2D eigenvalue weighted by atomic mass is 9.82. The first-order chi connectivity index (χ1) is 14.1. The average Bonchev–Trinajstić information content (AvgIpc) is 3.07. The zero-order valence-electron chi connectivity index (χ0n) is 16.3. The predicted molar refractivity (Wildman–Crippen MR) is 118 cm³/mol. The molecule has 2 heterocycles. The third-order valence-electron chi connectivity index (χ3n) is 7.03. The maximum atomic E-state index is 12.9. The number of para-hydroxylation sites is 1. The van der Waals surface area contributed by atoms with Gasteiger partial charge < -0.3 is 10.2 Å². The largest absolute Gasteiger partial charge is 0.339 e. The van der Waals surface area contributed by atoms with Gasteiger partial charge in [-0.1, -0.05) is 41.4 Å². The first kappa shape index (κ1) is 19.2. The highest BCUT2D eigenvalue weighted by Gasteiger charge is 2.50. The molecule has 1 N–H and O–H groups in total. The minimum Gasteiger partial charge on any atom is -0.339 e. The lowest BCUT2D eigenvalue weighted by molar-refractivity contribution is -0.125. The Labute approximate surface area is 181 Å². The molecule has 2 aliphatic heterocycles. The van der Waals surface area contributed by atoms with E-state index >= 15 is 0 Å². The molecule has 1 aliphatic carbocycles. The average molecular weight is 430 g/mol. The predicted octanol–water partition coefficient (Wildman–Crippen LogP) is 4.28. The quantitative estimate of drug-likeness (QED) is 0.773. The number of piperidine rings is 1. The number of fused-ring (bicyclic) bond motifs is 1. The van der Waals surface area contributed by atoms with E-state index in [1.807, 2.05) is 30.3 Å². The summed E-state index contributed by atoms with van der Waals surface area (Å²) in [6, 6.07) is 14.6. The van der Waals surface area contributed by atoms with Crippen LogP contribution in [0.1, 0.15) is 30.4 Å². The van der Waals surface area contributed by atoms with Gasteiger partial charge in [0.1, 0.15) is 5.54 Å². The highest BCUT2D eigenvalue weighted by atomic mass is 35.5. The van der Waals surface area contributed by atoms with Crippen LogP contribution in [0.3, 0.4) is 0 Å². The van der Waals surface area contributed by atoms with Crippen molar-refractivity contribution in [3.05, 3.63) is 63.6 Å². The van der Waals surface area contributed by atoms with Crippen LogP contribution in [-0.4, -0.2) is 42.1 Å². The molecule has 0 radical (unpaired) electrons. The number of nitrogens with zero attached hydrogens (tertiary/aromatic N) is 2. The summed E-state index contributed by atoms with van der Waals surface area (Å²) in [4.78, 5) is 17.7. The fraction of sp³-hybridized carbons (Fsp3) is 0.435. The van der Waals surface area contributed by atoms with Crippen LogP contribution in [-0.2, 0) is 17.6 Å². The number of nitrogens with one attached hydrogen (secondary N) is 1. The standard InChI is InChI=1S/C23H25Cl2N3O/c24-20-8-9-21(25)19-14-17(6-7-18(19)20)27-12-10-23(11-13-27)22(29)26-15-28(23)16-4-2-1-3-5-16/h1-5,8-9,17H,6-7,10-15H2,(H,26,29). The van der Waals surface area contributed by atoms with Gasteiger partial charge in [0.2, 0.25) is 5.91 Å². The molecule has 5 rings (SSSR count). The van der Waals surface area contributed by atoms with Crippen molar-refractivity contribution < 1.29 is 4.79 Å². The maximum Gasteiger partial charge on any atom is 0.247 e. The first-order valence-electron chi connectivity index (χ1n) is 10.4. The third-order valence-corrected chi connectivity index (χ3v) is 7.74. The highest BCUT2D eigenvalue weighted by Crippen LogP contribution is 2.39. The molecule has 2 fully saturated rings. The van der Waals surface area contributed by atoms with Crippen molar-refractivity contribution in [3.8, 4) is 0 Å². The van der Waals surface area contributed by atoms with E-state index in [9.17, 15) is 4.79 Å². The molecular weight excluding hydrogens is 405 g/mol. The Hall–Kier alpha value is -1.75. The van der Waals surface area contributed by atoms with Gasteiger partial charge in [-0.25, -0.2) is 0 Å². The fourth-order valence-electron chi connectivity index (χ4n) is 5.38. The summed E-state index contributed by atoms with van der Waals surface area (Å²) in [5.41, 5.74) is 3.12. The van der Waals surface area contributed by atoms with E-state index < -0.39 is 5.54 Å². The molecule has 0 bridgehead atoms. The van der Waals surface area contributed by atoms with Crippen molar-refractivity contribution in [2.75, 3.05) is 24.7 Å². The number of hydrogen-bond acceptors (Lipinski definition) is 3. The Morgan fingerprint density at radius 3 is 2.38 bits per heavy atom. The number of likely N-dealkylation sites (tertiary alicyclic amines) is 1. The van der Waals surface area contributed by atoms with Gasteiger partial charge in [0, 0.05) is 34.9 Å². The van der Waals surface area contributed by atoms with E-state index in [0.29, 0.717) is 12.7 Å². The SMILES string of the molecule is O=C1NCN(c2ccccc2)C12CCN(C1CCc3c(Cl)ccc(Cl)c3C1)CC2. The second-order valence-corrected chi connectivity index (χ2v) is 9.19. The van der Waals surface area contributed by atoms with E-state index in [2.05, 4.69) is 27.2 Å². The Kier molecular flexibility index (Phi) is 4.97. The van der Waals surface area contributed by atoms with Crippen LogP contribution < -0.4 is 10.2 Å². The Morgan fingerprint density at radius 1 is 0.966 bits per heavy atom. The van der Waals surface area contributed by atoms with Crippen molar-refractivity contribution in [1.29, 1.82) is 0 Å². The van der Waals surface area contributed by atoms with E-state index in [-0.39, 0.29) is 5.91 Å². The lowest BCUT2D eigenvalue weighted by Crippen LogP contribution is -2.58. The van der Waals surface area contributed by atoms with E-state index in [1.54, 1.807) is 0 Å². The smallest absolute Gasteiger partial charge is 0.247 e. The molecule has 4 nitrogen and oxygen atoms in total.